The predicted octanol–water partition coefficient (Wildman–Crippen LogP) is 4.18. The Labute approximate surface area is 196 Å². The second-order valence-corrected chi connectivity index (χ2v) is 9.99. The second kappa shape index (κ2) is 8.90. The number of piperazine rings is 1. The van der Waals surface area contributed by atoms with Crippen molar-refractivity contribution in [1.29, 1.82) is 0 Å². The molecule has 5 rings (SSSR count). The van der Waals surface area contributed by atoms with Gasteiger partial charge in [-0.3, -0.25) is 9.69 Å². The number of likely N-dealkylation sites (N-methyl/N-ethyl adjacent to an activating group) is 1. The van der Waals surface area contributed by atoms with Gasteiger partial charge < -0.3 is 19.7 Å². The van der Waals surface area contributed by atoms with Gasteiger partial charge in [-0.05, 0) is 81.5 Å². The molecule has 6 nitrogen and oxygen atoms in total. The normalized spacial score (nSPS) is 23.0. The zero-order valence-corrected chi connectivity index (χ0v) is 20.1. The van der Waals surface area contributed by atoms with Gasteiger partial charge in [-0.1, -0.05) is 12.1 Å². The van der Waals surface area contributed by atoms with E-state index in [1.54, 1.807) is 7.11 Å². The number of fused-ring (bicyclic) bond motifs is 2. The second-order valence-electron chi connectivity index (χ2n) is 9.99. The molecule has 2 heterocycles. The minimum absolute atomic E-state index is 0.0450. The molecular formula is C27H35N3O3. The molecule has 2 bridgehead atoms. The van der Waals surface area contributed by atoms with Gasteiger partial charge in [0.15, 0.2) is 11.5 Å². The maximum absolute atomic E-state index is 13.2. The van der Waals surface area contributed by atoms with Crippen molar-refractivity contribution < 1.29 is 14.3 Å². The first-order chi connectivity index (χ1) is 15.9. The minimum Gasteiger partial charge on any atom is -0.493 e. The Balaban J connectivity index is 1.28. The van der Waals surface area contributed by atoms with Gasteiger partial charge >= 0.3 is 0 Å². The largest absolute Gasteiger partial charge is 0.493 e. The summed E-state index contributed by atoms with van der Waals surface area (Å²) in [6.07, 6.45) is 3.71. The molecule has 3 aliphatic rings. The standard InChI is InChI=1S/C27H35N3O3/c1-17-5-9-21(30-15-22-12-23(30)14-29(22)3)13-24(17)27(31)28-18(2)20-8-10-25(26(11-20)32-4)33-16-19-6-7-19/h5,8-11,13,18-19,22-23H,6-7,12,14-16H2,1-4H3,(H,28,31)/t18-,22?,23-/m1/s1. The smallest absolute Gasteiger partial charge is 0.252 e. The highest BCUT2D eigenvalue weighted by Crippen LogP contribution is 2.36. The topological polar surface area (TPSA) is 54.0 Å². The first-order valence-electron chi connectivity index (χ1n) is 12.1. The Bertz CT molecular complexity index is 1030. The summed E-state index contributed by atoms with van der Waals surface area (Å²) in [4.78, 5) is 18.2. The number of carbonyl (C=O) groups is 1. The number of hydrogen-bond acceptors (Lipinski definition) is 5. The Morgan fingerprint density at radius 1 is 1.12 bits per heavy atom. The van der Waals surface area contributed by atoms with Crippen LogP contribution in [0.15, 0.2) is 36.4 Å². The quantitative estimate of drug-likeness (QED) is 0.655. The van der Waals surface area contributed by atoms with E-state index < -0.39 is 0 Å². The number of likely N-dealkylation sites (tertiary alicyclic amines) is 1. The first-order valence-corrected chi connectivity index (χ1v) is 12.1. The molecule has 1 unspecified atom stereocenters. The number of rotatable bonds is 8. The first kappa shape index (κ1) is 22.1. The van der Waals surface area contributed by atoms with E-state index in [4.69, 9.17) is 9.47 Å². The lowest BCUT2D eigenvalue weighted by Crippen LogP contribution is -2.44. The molecule has 33 heavy (non-hydrogen) atoms. The Hall–Kier alpha value is -2.73. The third-order valence-corrected chi connectivity index (χ3v) is 7.52. The summed E-state index contributed by atoms with van der Waals surface area (Å²) in [5.74, 6) is 2.11. The van der Waals surface area contributed by atoms with Crippen LogP contribution in [0.4, 0.5) is 5.69 Å². The highest BCUT2D eigenvalue weighted by molar-refractivity contribution is 5.97. The highest BCUT2D eigenvalue weighted by Gasteiger charge is 2.41. The van der Waals surface area contributed by atoms with Gasteiger partial charge in [0.1, 0.15) is 0 Å². The maximum atomic E-state index is 13.2. The number of carbonyl (C=O) groups excluding carboxylic acids is 1. The van der Waals surface area contributed by atoms with Gasteiger partial charge in [-0.2, -0.15) is 0 Å². The average molecular weight is 450 g/mol. The number of ether oxygens (including phenoxy) is 2. The van der Waals surface area contributed by atoms with Crippen LogP contribution in [0, 0.1) is 12.8 Å². The summed E-state index contributed by atoms with van der Waals surface area (Å²) in [6.45, 7) is 6.89. The van der Waals surface area contributed by atoms with Crippen molar-refractivity contribution >= 4 is 11.6 Å². The van der Waals surface area contributed by atoms with Crippen LogP contribution in [0.5, 0.6) is 11.5 Å². The van der Waals surface area contributed by atoms with Crippen LogP contribution in [-0.2, 0) is 0 Å². The summed E-state index contributed by atoms with van der Waals surface area (Å²) < 4.78 is 11.5. The number of hydrogen-bond donors (Lipinski definition) is 1. The van der Waals surface area contributed by atoms with E-state index in [1.807, 2.05) is 32.0 Å². The van der Waals surface area contributed by atoms with Crippen molar-refractivity contribution in [3.05, 3.63) is 53.1 Å². The van der Waals surface area contributed by atoms with E-state index in [0.29, 0.717) is 23.8 Å². The molecule has 2 saturated heterocycles. The maximum Gasteiger partial charge on any atom is 0.252 e. The lowest BCUT2D eigenvalue weighted by molar-refractivity contribution is 0.0939. The monoisotopic (exact) mass is 449 g/mol. The Kier molecular flexibility index (Phi) is 5.95. The number of benzene rings is 2. The number of nitrogens with one attached hydrogen (secondary N) is 1. The lowest BCUT2D eigenvalue weighted by Gasteiger charge is -2.34. The van der Waals surface area contributed by atoms with Gasteiger partial charge in [0.05, 0.1) is 19.8 Å². The third-order valence-electron chi connectivity index (χ3n) is 7.52. The van der Waals surface area contributed by atoms with Gasteiger partial charge in [-0.15, -0.1) is 0 Å². The summed E-state index contributed by atoms with van der Waals surface area (Å²) >= 11 is 0. The fourth-order valence-corrected chi connectivity index (χ4v) is 5.14. The number of anilines is 1. The van der Waals surface area contributed by atoms with Crippen LogP contribution >= 0.6 is 0 Å². The van der Waals surface area contributed by atoms with Crippen LogP contribution in [0.2, 0.25) is 0 Å². The average Bonchev–Trinajstić information content (AvgIpc) is 3.45. The van der Waals surface area contributed by atoms with Gasteiger partial charge in [0.2, 0.25) is 0 Å². The highest BCUT2D eigenvalue weighted by atomic mass is 16.5. The molecule has 1 N–H and O–H groups in total. The fraction of sp³-hybridized carbons (Fsp3) is 0.519. The van der Waals surface area contributed by atoms with Crippen LogP contribution in [-0.4, -0.2) is 56.7 Å². The number of amides is 1. The van der Waals surface area contributed by atoms with Crippen LogP contribution in [0.3, 0.4) is 0 Å². The van der Waals surface area contributed by atoms with Crippen LogP contribution < -0.4 is 19.7 Å². The molecule has 1 saturated carbocycles. The van der Waals surface area contributed by atoms with Crippen molar-refractivity contribution in [1.82, 2.24) is 10.2 Å². The SMILES string of the molecule is COc1cc([C@@H](C)NC(=O)c2cc(N3CC4C[C@@H]3CN4C)ccc2C)ccc1OCC1CC1. The molecule has 0 radical (unpaired) electrons. The van der Waals surface area contributed by atoms with Crippen molar-refractivity contribution in [2.45, 2.75) is 51.2 Å². The number of methoxy groups -OCH3 is 1. The lowest BCUT2D eigenvalue weighted by atomic mass is 10.0. The molecule has 2 aromatic rings. The van der Waals surface area contributed by atoms with Crippen molar-refractivity contribution in [3.63, 3.8) is 0 Å². The fourth-order valence-electron chi connectivity index (χ4n) is 5.14. The van der Waals surface area contributed by atoms with Crippen molar-refractivity contribution in [2.24, 2.45) is 5.92 Å². The van der Waals surface area contributed by atoms with E-state index in [2.05, 4.69) is 40.4 Å². The Morgan fingerprint density at radius 2 is 1.94 bits per heavy atom. The number of nitrogens with zero attached hydrogens (tertiary/aromatic N) is 2. The summed E-state index contributed by atoms with van der Waals surface area (Å²) in [5, 5.41) is 3.18. The van der Waals surface area contributed by atoms with Gasteiger partial charge in [0.25, 0.3) is 5.91 Å². The molecule has 3 atom stereocenters. The molecule has 1 aliphatic carbocycles. The minimum atomic E-state index is -0.150. The van der Waals surface area contributed by atoms with Crippen LogP contribution in [0.25, 0.3) is 0 Å². The van der Waals surface area contributed by atoms with E-state index in [0.717, 1.165) is 47.8 Å². The zero-order valence-electron chi connectivity index (χ0n) is 20.1. The van der Waals surface area contributed by atoms with E-state index in [9.17, 15) is 4.79 Å². The third kappa shape index (κ3) is 4.54. The van der Waals surface area contributed by atoms with Gasteiger partial charge in [0, 0.05) is 36.4 Å². The van der Waals surface area contributed by atoms with E-state index >= 15 is 0 Å². The van der Waals surface area contributed by atoms with Gasteiger partial charge in [-0.25, -0.2) is 0 Å². The molecule has 176 valence electrons. The molecule has 1 amide bonds. The predicted molar refractivity (Wildman–Crippen MR) is 130 cm³/mol. The van der Waals surface area contributed by atoms with Crippen molar-refractivity contribution in [3.8, 4) is 11.5 Å². The summed E-state index contributed by atoms with van der Waals surface area (Å²) in [6, 6.07) is 13.2. The molecule has 2 aromatic carbocycles. The summed E-state index contributed by atoms with van der Waals surface area (Å²) in [5.41, 5.74) is 3.88. The molecule has 2 aliphatic heterocycles. The van der Waals surface area contributed by atoms with Crippen molar-refractivity contribution in [2.75, 3.05) is 38.8 Å². The Morgan fingerprint density at radius 3 is 2.61 bits per heavy atom. The molecule has 0 spiro atoms. The molecule has 6 heteroatoms. The van der Waals surface area contributed by atoms with Crippen LogP contribution in [0.1, 0.15) is 53.7 Å². The molecular weight excluding hydrogens is 414 g/mol. The molecule has 0 aromatic heterocycles. The van der Waals surface area contributed by atoms with E-state index in [1.165, 1.54) is 19.3 Å². The summed E-state index contributed by atoms with van der Waals surface area (Å²) in [7, 11) is 3.86. The zero-order chi connectivity index (χ0) is 23.1. The van der Waals surface area contributed by atoms with E-state index in [-0.39, 0.29) is 11.9 Å². The molecule has 3 fully saturated rings. The number of aryl methyl sites for hydroxylation is 1.